The lowest BCUT2D eigenvalue weighted by molar-refractivity contribution is -0.870. The van der Waals surface area contributed by atoms with E-state index in [0.717, 1.165) is 57.8 Å². The van der Waals surface area contributed by atoms with Gasteiger partial charge in [-0.15, -0.1) is 0 Å². The van der Waals surface area contributed by atoms with E-state index >= 15 is 0 Å². The molecule has 0 bridgehead atoms. The Balaban J connectivity index is 4.51. The smallest absolute Gasteiger partial charge is 0.462 e. The second-order valence-electron chi connectivity index (χ2n) is 15.3. The monoisotopic (exact) mass is 807 g/mol. The Morgan fingerprint density at radius 1 is 0.571 bits per heavy atom. The molecule has 9 nitrogen and oxygen atoms in total. The first-order valence-electron chi connectivity index (χ1n) is 21.7. The molecular weight excluding hydrogens is 725 g/mol. The molecule has 0 saturated carbocycles. The Bertz CT molecular complexity index is 1180. The van der Waals surface area contributed by atoms with Crippen LogP contribution in [0.4, 0.5) is 0 Å². The van der Waals surface area contributed by atoms with E-state index in [1.54, 1.807) is 0 Å². The lowest BCUT2D eigenvalue weighted by Gasteiger charge is -2.24. The highest BCUT2D eigenvalue weighted by Crippen LogP contribution is 2.43. The first-order valence-corrected chi connectivity index (χ1v) is 23.2. The molecule has 0 heterocycles. The maximum atomic E-state index is 12.7. The Labute approximate surface area is 342 Å². The van der Waals surface area contributed by atoms with Gasteiger partial charge in [-0.3, -0.25) is 18.6 Å². The third kappa shape index (κ3) is 41.1. The Morgan fingerprint density at radius 3 is 1.59 bits per heavy atom. The molecule has 0 aromatic carbocycles. The van der Waals surface area contributed by atoms with Crippen molar-refractivity contribution in [1.29, 1.82) is 0 Å². The van der Waals surface area contributed by atoms with Gasteiger partial charge >= 0.3 is 19.8 Å². The van der Waals surface area contributed by atoms with Crippen molar-refractivity contribution in [3.8, 4) is 0 Å². The van der Waals surface area contributed by atoms with Crippen LogP contribution in [0.5, 0.6) is 0 Å². The highest BCUT2D eigenvalue weighted by atomic mass is 31.2. The first-order chi connectivity index (χ1) is 27.0. The number of ether oxygens (including phenoxy) is 2. The van der Waals surface area contributed by atoms with E-state index in [-0.39, 0.29) is 26.1 Å². The summed E-state index contributed by atoms with van der Waals surface area (Å²) in [4.78, 5) is 35.3. The van der Waals surface area contributed by atoms with Gasteiger partial charge in [-0.2, -0.15) is 0 Å². The zero-order valence-corrected chi connectivity index (χ0v) is 37.0. The van der Waals surface area contributed by atoms with Crippen LogP contribution in [-0.4, -0.2) is 74.9 Å². The maximum Gasteiger partial charge on any atom is 0.472 e. The minimum Gasteiger partial charge on any atom is -0.462 e. The van der Waals surface area contributed by atoms with Crippen molar-refractivity contribution < 1.29 is 42.1 Å². The number of carbonyl (C=O) groups is 2. The van der Waals surface area contributed by atoms with Gasteiger partial charge in [0.2, 0.25) is 0 Å². The molecule has 0 aliphatic rings. The number of phosphoric ester groups is 1. The number of unbranched alkanes of at least 4 members (excludes halogenated alkanes) is 12. The number of carbonyl (C=O) groups excluding carboxylic acids is 2. The van der Waals surface area contributed by atoms with Crippen molar-refractivity contribution >= 4 is 19.8 Å². The van der Waals surface area contributed by atoms with E-state index in [4.69, 9.17) is 18.5 Å². The van der Waals surface area contributed by atoms with Gasteiger partial charge in [0.05, 0.1) is 27.7 Å². The average molecular weight is 807 g/mol. The number of likely N-dealkylation sites (N-methyl/N-ethyl adjacent to an activating group) is 1. The van der Waals surface area contributed by atoms with Crippen molar-refractivity contribution in [3.05, 3.63) is 72.9 Å². The molecule has 0 fully saturated rings. The SMILES string of the molecule is CC/C=C/C/C=C/C/C=C/C/C=C/C/C=C/CCCC(=O)OC[C@H](COP(=O)(O)OCC[N+](C)(C)C)OC(=O)CCCC/C=C/CCCCCCCCCCC. The molecular formula is C46H81NO8P+. The molecule has 322 valence electrons. The van der Waals surface area contributed by atoms with Gasteiger partial charge < -0.3 is 18.9 Å². The number of esters is 2. The summed E-state index contributed by atoms with van der Waals surface area (Å²) in [6.07, 6.45) is 46.8. The normalized spacial score (nSPS) is 14.3. The third-order valence-corrected chi connectivity index (χ3v) is 9.70. The molecule has 1 unspecified atom stereocenters. The standard InChI is InChI=1S/C46H80NO8P/c1-6-8-10-12-14-16-18-20-22-23-25-26-28-30-32-34-36-38-45(48)52-42-44(43-54-56(50,51)53-41-40-47(3,4)5)55-46(49)39-37-35-33-31-29-27-24-21-19-17-15-13-11-9-7-2/h8,10,14,16,20,22,25-26,29-32,44H,6-7,9,11-13,15,17-19,21,23-24,27-28,33-43H2,1-5H3/p+1/b10-8+,16-14+,22-20+,26-25+,31-29+,32-30+/t44-/m1/s1. The second-order valence-corrected chi connectivity index (χ2v) is 16.8. The van der Waals surface area contributed by atoms with Crippen LogP contribution in [0.3, 0.4) is 0 Å². The fourth-order valence-corrected chi connectivity index (χ4v) is 6.08. The van der Waals surface area contributed by atoms with E-state index in [0.29, 0.717) is 23.9 Å². The number of allylic oxidation sites excluding steroid dienone is 12. The number of quaternary nitrogens is 1. The minimum atomic E-state index is -4.39. The molecule has 2 atom stereocenters. The van der Waals surface area contributed by atoms with E-state index in [9.17, 15) is 19.0 Å². The number of phosphoric acid groups is 1. The summed E-state index contributed by atoms with van der Waals surface area (Å²) < 4.78 is 34.2. The maximum absolute atomic E-state index is 12.7. The molecule has 0 aromatic heterocycles. The summed E-state index contributed by atoms with van der Waals surface area (Å²) in [6.45, 7) is 4.20. The van der Waals surface area contributed by atoms with Crippen molar-refractivity contribution in [2.45, 2.75) is 161 Å². The zero-order valence-electron chi connectivity index (χ0n) is 36.1. The molecule has 1 N–H and O–H groups in total. The predicted octanol–water partition coefficient (Wildman–Crippen LogP) is 12.2. The lowest BCUT2D eigenvalue weighted by Crippen LogP contribution is -2.37. The van der Waals surface area contributed by atoms with E-state index in [2.05, 4.69) is 86.8 Å². The average Bonchev–Trinajstić information content (AvgIpc) is 3.15. The number of nitrogens with zero attached hydrogens (tertiary/aromatic N) is 1. The summed E-state index contributed by atoms with van der Waals surface area (Å²) >= 11 is 0. The van der Waals surface area contributed by atoms with Gasteiger partial charge in [0.15, 0.2) is 6.10 Å². The van der Waals surface area contributed by atoms with Crippen molar-refractivity contribution in [1.82, 2.24) is 0 Å². The highest BCUT2D eigenvalue weighted by molar-refractivity contribution is 7.47. The van der Waals surface area contributed by atoms with Crippen LogP contribution in [-0.2, 0) is 32.7 Å². The first kappa shape index (κ1) is 53.5. The zero-order chi connectivity index (χ0) is 41.4. The van der Waals surface area contributed by atoms with Crippen LogP contribution in [0.15, 0.2) is 72.9 Å². The Morgan fingerprint density at radius 2 is 1.04 bits per heavy atom. The third-order valence-electron chi connectivity index (χ3n) is 8.72. The fraction of sp³-hybridized carbons (Fsp3) is 0.696. The Kier molecular flexibility index (Phi) is 36.3. The van der Waals surface area contributed by atoms with Gasteiger partial charge in [-0.05, 0) is 77.0 Å². The molecule has 56 heavy (non-hydrogen) atoms. The minimum absolute atomic E-state index is 0.0161. The van der Waals surface area contributed by atoms with E-state index < -0.39 is 32.5 Å². The van der Waals surface area contributed by atoms with Crippen LogP contribution in [0.2, 0.25) is 0 Å². The van der Waals surface area contributed by atoms with Crippen LogP contribution >= 0.6 is 7.82 Å². The molecule has 0 aliphatic heterocycles. The predicted molar refractivity (Wildman–Crippen MR) is 233 cm³/mol. The Hall–Kier alpha value is -2.55. The molecule has 0 amide bonds. The van der Waals surface area contributed by atoms with Gasteiger partial charge in [0, 0.05) is 12.8 Å². The quantitative estimate of drug-likeness (QED) is 0.0216. The van der Waals surface area contributed by atoms with Crippen LogP contribution in [0.1, 0.15) is 155 Å². The van der Waals surface area contributed by atoms with E-state index in [1.165, 1.54) is 57.8 Å². The number of hydrogen-bond donors (Lipinski definition) is 1. The van der Waals surface area contributed by atoms with Crippen molar-refractivity contribution in [2.24, 2.45) is 0 Å². The number of hydrogen-bond acceptors (Lipinski definition) is 7. The van der Waals surface area contributed by atoms with Gasteiger partial charge in [0.1, 0.15) is 19.8 Å². The summed E-state index contributed by atoms with van der Waals surface area (Å²) in [7, 11) is 1.42. The molecule has 0 aromatic rings. The van der Waals surface area contributed by atoms with Crippen LogP contribution in [0, 0.1) is 0 Å². The van der Waals surface area contributed by atoms with Gasteiger partial charge in [-0.25, -0.2) is 4.57 Å². The molecule has 0 aliphatic carbocycles. The molecule has 0 radical (unpaired) electrons. The molecule has 0 rings (SSSR count). The summed E-state index contributed by atoms with van der Waals surface area (Å²) in [6, 6.07) is 0. The van der Waals surface area contributed by atoms with Crippen LogP contribution in [0.25, 0.3) is 0 Å². The van der Waals surface area contributed by atoms with Crippen molar-refractivity contribution in [2.75, 3.05) is 47.5 Å². The summed E-state index contributed by atoms with van der Waals surface area (Å²) in [5, 5.41) is 0. The topological polar surface area (TPSA) is 108 Å². The molecule has 0 saturated heterocycles. The molecule has 10 heteroatoms. The second kappa shape index (κ2) is 38.0. The summed E-state index contributed by atoms with van der Waals surface area (Å²) in [5.41, 5.74) is 0. The number of rotatable bonds is 38. The lowest BCUT2D eigenvalue weighted by atomic mass is 10.1. The van der Waals surface area contributed by atoms with Crippen molar-refractivity contribution in [3.63, 3.8) is 0 Å². The van der Waals surface area contributed by atoms with Gasteiger partial charge in [0.25, 0.3) is 0 Å². The fourth-order valence-electron chi connectivity index (χ4n) is 5.34. The van der Waals surface area contributed by atoms with Crippen LogP contribution < -0.4 is 0 Å². The van der Waals surface area contributed by atoms with E-state index in [1.807, 2.05) is 21.1 Å². The highest BCUT2D eigenvalue weighted by Gasteiger charge is 2.27. The summed E-state index contributed by atoms with van der Waals surface area (Å²) in [5.74, 6) is -0.899. The largest absolute Gasteiger partial charge is 0.472 e. The van der Waals surface area contributed by atoms with Gasteiger partial charge in [-0.1, -0.05) is 138 Å². The molecule has 0 spiro atoms.